The number of aromatic nitrogens is 1. The van der Waals surface area contributed by atoms with Crippen LogP contribution in [0.2, 0.25) is 0 Å². The fraction of sp³-hybridized carbons (Fsp3) is 0.150. The number of ether oxygens (including phenoxy) is 2. The summed E-state index contributed by atoms with van der Waals surface area (Å²) in [6.07, 6.45) is 1.41. The Labute approximate surface area is 164 Å². The number of carbonyl (C=O) groups excluding carboxylic acids is 2. The first-order valence-corrected chi connectivity index (χ1v) is 9.04. The largest absolute Gasteiger partial charge is 0.465 e. The first kappa shape index (κ1) is 18.8. The molecule has 0 bridgehead atoms. The van der Waals surface area contributed by atoms with Gasteiger partial charge in [0.25, 0.3) is 0 Å². The zero-order chi connectivity index (χ0) is 19.4. The number of carbonyl (C=O) groups is 2. The van der Waals surface area contributed by atoms with Crippen LogP contribution < -0.4 is 5.32 Å². The zero-order valence-corrected chi connectivity index (χ0v) is 16.4. The van der Waals surface area contributed by atoms with Crippen LogP contribution in [0, 0.1) is 0 Å². The third-order valence-electron chi connectivity index (χ3n) is 3.91. The molecule has 1 aromatic heterocycles. The number of pyridine rings is 1. The number of nitrogens with zero attached hydrogens (tertiary/aromatic N) is 1. The number of methoxy groups -OCH3 is 1. The maximum Gasteiger partial charge on any atom is 0.341 e. The molecule has 1 heterocycles. The van der Waals surface area contributed by atoms with E-state index in [1.807, 2.05) is 24.3 Å². The molecule has 0 saturated carbocycles. The quantitative estimate of drug-likeness (QED) is 0.593. The fourth-order valence-electron chi connectivity index (χ4n) is 2.67. The topological polar surface area (TPSA) is 77.5 Å². The molecule has 0 radical (unpaired) electrons. The van der Waals surface area contributed by atoms with Crippen molar-refractivity contribution >= 4 is 50.1 Å². The Morgan fingerprint density at radius 3 is 2.48 bits per heavy atom. The summed E-state index contributed by atoms with van der Waals surface area (Å²) in [5.41, 5.74) is 2.35. The summed E-state index contributed by atoms with van der Waals surface area (Å²) in [6.45, 7) is 1.99. The van der Waals surface area contributed by atoms with E-state index in [-0.39, 0.29) is 12.2 Å². The first-order valence-electron chi connectivity index (χ1n) is 8.25. The van der Waals surface area contributed by atoms with Crippen LogP contribution in [0.15, 0.2) is 53.1 Å². The Morgan fingerprint density at radius 1 is 1.07 bits per heavy atom. The molecule has 0 atom stereocenters. The van der Waals surface area contributed by atoms with Crippen molar-refractivity contribution in [3.05, 3.63) is 64.3 Å². The highest BCUT2D eigenvalue weighted by atomic mass is 79.9. The molecule has 3 rings (SSSR count). The van der Waals surface area contributed by atoms with E-state index in [4.69, 9.17) is 9.47 Å². The van der Waals surface area contributed by atoms with Gasteiger partial charge in [0.05, 0.1) is 30.5 Å². The van der Waals surface area contributed by atoms with Crippen LogP contribution in [0.5, 0.6) is 0 Å². The van der Waals surface area contributed by atoms with E-state index in [1.165, 1.54) is 13.3 Å². The average Bonchev–Trinajstić information content (AvgIpc) is 2.69. The predicted octanol–water partition coefficient (Wildman–Crippen LogP) is 4.70. The Hall–Kier alpha value is -2.93. The third kappa shape index (κ3) is 3.93. The molecule has 6 nitrogen and oxygen atoms in total. The van der Waals surface area contributed by atoms with Crippen molar-refractivity contribution in [3.8, 4) is 0 Å². The Morgan fingerprint density at radius 2 is 1.81 bits per heavy atom. The number of esters is 2. The van der Waals surface area contributed by atoms with Gasteiger partial charge in [-0.1, -0.05) is 28.1 Å². The van der Waals surface area contributed by atoms with E-state index >= 15 is 0 Å². The van der Waals surface area contributed by atoms with Crippen molar-refractivity contribution in [2.75, 3.05) is 19.0 Å². The van der Waals surface area contributed by atoms with Gasteiger partial charge in [0.1, 0.15) is 5.56 Å². The molecule has 1 N–H and O–H groups in total. The SMILES string of the molecule is CCOC(=O)c1cnc2c(C(=O)OC)cccc2c1Nc1ccc(Br)cc1. The number of hydrogen-bond donors (Lipinski definition) is 1. The van der Waals surface area contributed by atoms with Gasteiger partial charge >= 0.3 is 11.9 Å². The highest BCUT2D eigenvalue weighted by molar-refractivity contribution is 9.10. The Kier molecular flexibility index (Phi) is 5.71. The summed E-state index contributed by atoms with van der Waals surface area (Å²) in [5.74, 6) is -0.985. The van der Waals surface area contributed by atoms with Gasteiger partial charge in [-0.25, -0.2) is 9.59 Å². The lowest BCUT2D eigenvalue weighted by molar-refractivity contribution is 0.0526. The zero-order valence-electron chi connectivity index (χ0n) is 14.8. The van der Waals surface area contributed by atoms with Crippen molar-refractivity contribution in [1.29, 1.82) is 0 Å². The van der Waals surface area contributed by atoms with Gasteiger partial charge in [0.2, 0.25) is 0 Å². The lowest BCUT2D eigenvalue weighted by Gasteiger charge is -2.15. The Bertz CT molecular complexity index is 1000. The molecule has 0 saturated heterocycles. The van der Waals surface area contributed by atoms with E-state index in [9.17, 15) is 9.59 Å². The van der Waals surface area contributed by atoms with E-state index in [1.54, 1.807) is 25.1 Å². The molecule has 3 aromatic rings. The molecule has 0 aliphatic carbocycles. The number of para-hydroxylation sites is 1. The smallest absolute Gasteiger partial charge is 0.341 e. The van der Waals surface area contributed by atoms with Crippen LogP contribution in [0.1, 0.15) is 27.6 Å². The molecule has 7 heteroatoms. The minimum atomic E-state index is -0.494. The molecule has 0 aliphatic rings. The molecule has 0 spiro atoms. The fourth-order valence-corrected chi connectivity index (χ4v) is 2.94. The number of hydrogen-bond acceptors (Lipinski definition) is 6. The maximum atomic E-state index is 12.4. The number of fused-ring (bicyclic) bond motifs is 1. The normalized spacial score (nSPS) is 10.5. The van der Waals surface area contributed by atoms with Gasteiger partial charge in [-0.2, -0.15) is 0 Å². The van der Waals surface area contributed by atoms with Crippen LogP contribution in [0.4, 0.5) is 11.4 Å². The standard InChI is InChI=1S/C20H17BrN2O4/c1-3-27-20(25)16-11-22-17-14(5-4-6-15(17)19(24)26-2)18(16)23-13-9-7-12(21)8-10-13/h4-11H,3H2,1-2H3,(H,22,23). The lowest BCUT2D eigenvalue weighted by atomic mass is 10.0. The van der Waals surface area contributed by atoms with Crippen molar-refractivity contribution in [3.63, 3.8) is 0 Å². The van der Waals surface area contributed by atoms with Crippen LogP contribution >= 0.6 is 15.9 Å². The average molecular weight is 429 g/mol. The van der Waals surface area contributed by atoms with Crippen LogP contribution in [-0.4, -0.2) is 30.6 Å². The molecule has 0 amide bonds. The molecule has 138 valence electrons. The van der Waals surface area contributed by atoms with E-state index in [0.717, 1.165) is 10.2 Å². The highest BCUT2D eigenvalue weighted by Crippen LogP contribution is 2.32. The highest BCUT2D eigenvalue weighted by Gasteiger charge is 2.20. The maximum absolute atomic E-state index is 12.4. The second kappa shape index (κ2) is 8.18. The van der Waals surface area contributed by atoms with Gasteiger partial charge in [0.15, 0.2) is 0 Å². The minimum Gasteiger partial charge on any atom is -0.465 e. The summed E-state index contributed by atoms with van der Waals surface area (Å²) in [7, 11) is 1.31. The summed E-state index contributed by atoms with van der Waals surface area (Å²) in [5, 5.41) is 3.87. The number of benzene rings is 2. The van der Waals surface area contributed by atoms with Crippen LogP contribution in [0.25, 0.3) is 10.9 Å². The van der Waals surface area contributed by atoms with Crippen LogP contribution in [-0.2, 0) is 9.47 Å². The number of halogens is 1. The number of anilines is 2. The summed E-state index contributed by atoms with van der Waals surface area (Å²) < 4.78 is 10.9. The molecule has 0 unspecified atom stereocenters. The van der Waals surface area contributed by atoms with Gasteiger partial charge < -0.3 is 14.8 Å². The van der Waals surface area contributed by atoms with Crippen LogP contribution in [0.3, 0.4) is 0 Å². The molecule has 0 fully saturated rings. The molecule has 0 aliphatic heterocycles. The second-order valence-corrected chi connectivity index (χ2v) is 6.51. The lowest BCUT2D eigenvalue weighted by Crippen LogP contribution is -2.10. The van der Waals surface area contributed by atoms with E-state index in [0.29, 0.717) is 22.2 Å². The van der Waals surface area contributed by atoms with Gasteiger partial charge in [-0.15, -0.1) is 0 Å². The van der Waals surface area contributed by atoms with Crippen molar-refractivity contribution in [2.24, 2.45) is 0 Å². The first-order chi connectivity index (χ1) is 13.0. The predicted molar refractivity (Wildman–Crippen MR) is 106 cm³/mol. The third-order valence-corrected chi connectivity index (χ3v) is 4.44. The van der Waals surface area contributed by atoms with Crippen molar-refractivity contribution in [2.45, 2.75) is 6.92 Å². The second-order valence-electron chi connectivity index (χ2n) is 5.59. The monoisotopic (exact) mass is 428 g/mol. The summed E-state index contributed by atoms with van der Waals surface area (Å²) in [6, 6.07) is 12.7. The summed E-state index contributed by atoms with van der Waals surface area (Å²) in [4.78, 5) is 28.8. The molecular formula is C20H17BrN2O4. The van der Waals surface area contributed by atoms with E-state index in [2.05, 4.69) is 26.2 Å². The molecule has 27 heavy (non-hydrogen) atoms. The van der Waals surface area contributed by atoms with E-state index < -0.39 is 11.9 Å². The Balaban J connectivity index is 2.21. The van der Waals surface area contributed by atoms with Gasteiger partial charge in [-0.05, 0) is 37.3 Å². The van der Waals surface area contributed by atoms with Gasteiger partial charge in [0, 0.05) is 21.7 Å². The van der Waals surface area contributed by atoms with Gasteiger partial charge in [-0.3, -0.25) is 4.98 Å². The number of rotatable bonds is 5. The number of nitrogens with one attached hydrogen (secondary N) is 1. The van der Waals surface area contributed by atoms with Crippen molar-refractivity contribution < 1.29 is 19.1 Å². The summed E-state index contributed by atoms with van der Waals surface area (Å²) >= 11 is 3.40. The molecular weight excluding hydrogens is 412 g/mol. The minimum absolute atomic E-state index is 0.247. The molecule has 2 aromatic carbocycles. The van der Waals surface area contributed by atoms with Crippen molar-refractivity contribution in [1.82, 2.24) is 4.98 Å².